The average molecular weight is 372 g/mol. The summed E-state index contributed by atoms with van der Waals surface area (Å²) in [6.07, 6.45) is -0.0628. The Kier molecular flexibility index (Phi) is 5.37. The highest BCUT2D eigenvalue weighted by Crippen LogP contribution is 2.24. The molecule has 1 N–H and O–H groups in total. The Morgan fingerprint density at radius 3 is 2.62 bits per heavy atom. The van der Waals surface area contributed by atoms with Crippen molar-refractivity contribution in [3.8, 4) is 0 Å². The quantitative estimate of drug-likeness (QED) is 0.838. The van der Waals surface area contributed by atoms with Crippen LogP contribution in [0.4, 0.5) is 5.00 Å². The molecule has 6 nitrogen and oxygen atoms in total. The second-order valence-corrected chi connectivity index (χ2v) is 7.25. The number of nitrogens with one attached hydrogen (secondary N) is 1. The molecule has 136 valence electrons. The van der Waals surface area contributed by atoms with Crippen molar-refractivity contribution in [2.45, 2.75) is 32.9 Å². The first kappa shape index (κ1) is 18.1. The molecule has 0 radical (unpaired) electrons. The molecule has 0 spiro atoms. The van der Waals surface area contributed by atoms with Crippen molar-refractivity contribution in [1.29, 1.82) is 0 Å². The van der Waals surface area contributed by atoms with Crippen LogP contribution >= 0.6 is 11.3 Å². The van der Waals surface area contributed by atoms with Crippen LogP contribution in [0.5, 0.6) is 0 Å². The molecule has 0 aliphatic carbocycles. The number of ether oxygens (including phenoxy) is 1. The smallest absolute Gasteiger partial charge is 0.349 e. The van der Waals surface area contributed by atoms with Crippen LogP contribution < -0.4 is 5.32 Å². The maximum Gasteiger partial charge on any atom is 0.349 e. The van der Waals surface area contributed by atoms with Gasteiger partial charge in [0.2, 0.25) is 5.91 Å². The fraction of sp³-hybridized carbons (Fsp3) is 0.316. The fourth-order valence-corrected chi connectivity index (χ4v) is 3.73. The van der Waals surface area contributed by atoms with E-state index in [0.717, 1.165) is 23.3 Å². The number of hydrogen-bond acceptors (Lipinski definition) is 5. The van der Waals surface area contributed by atoms with Gasteiger partial charge in [-0.1, -0.05) is 24.3 Å². The normalized spacial score (nSPS) is 14.3. The summed E-state index contributed by atoms with van der Waals surface area (Å²) in [6, 6.07) is 11.3. The van der Waals surface area contributed by atoms with Crippen LogP contribution in [0.2, 0.25) is 0 Å². The predicted octanol–water partition coefficient (Wildman–Crippen LogP) is 2.84. The first-order valence-corrected chi connectivity index (χ1v) is 9.19. The number of carbonyl (C=O) groups excluding carboxylic acids is 3. The molecule has 0 fully saturated rings. The first-order chi connectivity index (χ1) is 12.4. The molecule has 26 heavy (non-hydrogen) atoms. The lowest BCUT2D eigenvalue weighted by molar-refractivity contribution is -0.140. The summed E-state index contributed by atoms with van der Waals surface area (Å²) in [7, 11) is 0. The van der Waals surface area contributed by atoms with E-state index < -0.39 is 12.1 Å². The standard InChI is InChI=1S/C19H20N2O4S/c1-12(25-19(24)16-7-8-17(26-16)20-13(2)22)18(23)21-10-9-14-5-3-4-6-15(14)11-21/h3-8,12H,9-11H2,1-2H3,(H,20,22)/t12-/m1/s1. The maximum atomic E-state index is 12.6. The molecular formula is C19H20N2O4S. The Balaban J connectivity index is 1.60. The molecule has 1 atom stereocenters. The van der Waals surface area contributed by atoms with Crippen LogP contribution in [0.25, 0.3) is 0 Å². The zero-order valence-electron chi connectivity index (χ0n) is 14.7. The minimum atomic E-state index is -0.862. The van der Waals surface area contributed by atoms with Crippen molar-refractivity contribution in [2.75, 3.05) is 11.9 Å². The molecule has 1 aromatic carbocycles. The highest BCUT2D eigenvalue weighted by molar-refractivity contribution is 7.18. The van der Waals surface area contributed by atoms with Gasteiger partial charge in [-0.3, -0.25) is 9.59 Å². The number of benzene rings is 1. The summed E-state index contributed by atoms with van der Waals surface area (Å²) in [6.45, 7) is 4.13. The molecule has 1 aliphatic heterocycles. The van der Waals surface area contributed by atoms with E-state index in [0.29, 0.717) is 23.0 Å². The van der Waals surface area contributed by atoms with Crippen molar-refractivity contribution in [1.82, 2.24) is 4.90 Å². The maximum absolute atomic E-state index is 12.6. The monoisotopic (exact) mass is 372 g/mol. The number of thiophene rings is 1. The SMILES string of the molecule is CC(=O)Nc1ccc(C(=O)O[C@H](C)C(=O)N2CCc3ccccc3C2)s1. The van der Waals surface area contributed by atoms with E-state index >= 15 is 0 Å². The Bertz CT molecular complexity index is 846. The van der Waals surface area contributed by atoms with Gasteiger partial charge in [-0.25, -0.2) is 4.79 Å². The van der Waals surface area contributed by atoms with Gasteiger partial charge in [0.1, 0.15) is 4.88 Å². The molecule has 2 aromatic rings. The van der Waals surface area contributed by atoms with Crippen LogP contribution in [0.15, 0.2) is 36.4 Å². The number of rotatable bonds is 4. The van der Waals surface area contributed by atoms with Gasteiger partial charge in [0.25, 0.3) is 5.91 Å². The van der Waals surface area contributed by atoms with Crippen molar-refractivity contribution < 1.29 is 19.1 Å². The summed E-state index contributed by atoms with van der Waals surface area (Å²) in [5.74, 6) is -0.975. The molecule has 7 heteroatoms. The van der Waals surface area contributed by atoms with E-state index in [-0.39, 0.29) is 11.8 Å². The summed E-state index contributed by atoms with van der Waals surface area (Å²) in [4.78, 5) is 38.0. The molecule has 0 unspecified atom stereocenters. The number of anilines is 1. The van der Waals surface area contributed by atoms with Gasteiger partial charge < -0.3 is 15.0 Å². The van der Waals surface area contributed by atoms with Gasteiger partial charge in [0, 0.05) is 20.0 Å². The van der Waals surface area contributed by atoms with Crippen molar-refractivity contribution in [3.63, 3.8) is 0 Å². The minimum absolute atomic E-state index is 0.202. The number of amides is 2. The Hall–Kier alpha value is -2.67. The molecule has 0 bridgehead atoms. The lowest BCUT2D eigenvalue weighted by Crippen LogP contribution is -2.42. The van der Waals surface area contributed by atoms with Crippen LogP contribution in [0.1, 0.15) is 34.6 Å². The molecule has 0 saturated heterocycles. The fourth-order valence-electron chi connectivity index (χ4n) is 2.90. The van der Waals surface area contributed by atoms with Crippen LogP contribution in [0.3, 0.4) is 0 Å². The van der Waals surface area contributed by atoms with Gasteiger partial charge in [-0.15, -0.1) is 11.3 Å². The van der Waals surface area contributed by atoms with Gasteiger partial charge in [-0.05, 0) is 36.6 Å². The molecule has 1 aliphatic rings. The van der Waals surface area contributed by atoms with E-state index in [1.165, 1.54) is 12.5 Å². The number of nitrogens with zero attached hydrogens (tertiary/aromatic N) is 1. The van der Waals surface area contributed by atoms with Crippen LogP contribution in [0, 0.1) is 0 Å². The third kappa shape index (κ3) is 4.11. The molecular weight excluding hydrogens is 352 g/mol. The Morgan fingerprint density at radius 1 is 1.15 bits per heavy atom. The molecule has 3 rings (SSSR count). The third-order valence-electron chi connectivity index (χ3n) is 4.18. The third-order valence-corrected chi connectivity index (χ3v) is 5.16. The van der Waals surface area contributed by atoms with E-state index in [2.05, 4.69) is 11.4 Å². The summed E-state index contributed by atoms with van der Waals surface area (Å²) in [5.41, 5.74) is 2.38. The number of carbonyl (C=O) groups is 3. The molecule has 2 amide bonds. The topological polar surface area (TPSA) is 75.7 Å². The molecule has 1 aromatic heterocycles. The van der Waals surface area contributed by atoms with Gasteiger partial charge in [-0.2, -0.15) is 0 Å². The second-order valence-electron chi connectivity index (χ2n) is 6.17. The number of esters is 1. The summed E-state index contributed by atoms with van der Waals surface area (Å²) in [5, 5.41) is 3.18. The molecule has 2 heterocycles. The lowest BCUT2D eigenvalue weighted by atomic mass is 9.99. The van der Waals surface area contributed by atoms with E-state index in [1.807, 2.05) is 18.2 Å². The molecule has 0 saturated carbocycles. The van der Waals surface area contributed by atoms with Crippen molar-refractivity contribution in [2.24, 2.45) is 0 Å². The predicted molar refractivity (Wildman–Crippen MR) is 99.1 cm³/mol. The number of fused-ring (bicyclic) bond motifs is 1. The van der Waals surface area contributed by atoms with Crippen molar-refractivity contribution in [3.05, 3.63) is 52.4 Å². The zero-order valence-corrected chi connectivity index (χ0v) is 15.5. The second kappa shape index (κ2) is 7.70. The highest BCUT2D eigenvalue weighted by Gasteiger charge is 2.27. The van der Waals surface area contributed by atoms with Crippen LogP contribution in [-0.4, -0.2) is 35.3 Å². The Morgan fingerprint density at radius 2 is 1.88 bits per heavy atom. The van der Waals surface area contributed by atoms with Crippen molar-refractivity contribution >= 4 is 34.1 Å². The lowest BCUT2D eigenvalue weighted by Gasteiger charge is -2.30. The van der Waals surface area contributed by atoms with E-state index in [9.17, 15) is 14.4 Å². The zero-order chi connectivity index (χ0) is 18.7. The first-order valence-electron chi connectivity index (χ1n) is 8.38. The number of hydrogen-bond donors (Lipinski definition) is 1. The minimum Gasteiger partial charge on any atom is -0.448 e. The van der Waals surface area contributed by atoms with Crippen LogP contribution in [-0.2, 0) is 27.3 Å². The summed E-state index contributed by atoms with van der Waals surface area (Å²) < 4.78 is 5.33. The van der Waals surface area contributed by atoms with E-state index in [1.54, 1.807) is 24.0 Å². The van der Waals surface area contributed by atoms with E-state index in [4.69, 9.17) is 4.74 Å². The van der Waals surface area contributed by atoms with Gasteiger partial charge >= 0.3 is 5.97 Å². The highest BCUT2D eigenvalue weighted by atomic mass is 32.1. The largest absolute Gasteiger partial charge is 0.448 e. The summed E-state index contributed by atoms with van der Waals surface area (Å²) >= 11 is 1.12. The van der Waals surface area contributed by atoms with Gasteiger partial charge in [0.05, 0.1) is 5.00 Å². The average Bonchev–Trinajstić information content (AvgIpc) is 3.08. The Labute approximate surface area is 155 Å². The van der Waals surface area contributed by atoms with Gasteiger partial charge in [0.15, 0.2) is 6.10 Å².